The molecule has 0 aliphatic heterocycles. The molecule has 0 heterocycles. The van der Waals surface area contributed by atoms with Crippen molar-refractivity contribution in [1.82, 2.24) is 0 Å². The molecule has 1 aliphatic carbocycles. The molecule has 5 heteroatoms. The predicted molar refractivity (Wildman–Crippen MR) is 77.1 cm³/mol. The van der Waals surface area contributed by atoms with Crippen LogP contribution in [0.2, 0.25) is 0 Å². The third-order valence-corrected chi connectivity index (χ3v) is 3.98. The Labute approximate surface area is 123 Å². The van der Waals surface area contributed by atoms with E-state index in [9.17, 15) is 13.2 Å². The Hall–Kier alpha value is -1.39. The van der Waals surface area contributed by atoms with Gasteiger partial charge in [0.15, 0.2) is 0 Å². The number of benzene rings is 1. The Morgan fingerprint density at radius 3 is 2.48 bits per heavy atom. The highest BCUT2D eigenvalue weighted by Crippen LogP contribution is 2.41. The summed E-state index contributed by atoms with van der Waals surface area (Å²) in [5.41, 5.74) is 4.45. The molecule has 0 saturated heterocycles. The van der Waals surface area contributed by atoms with E-state index in [-0.39, 0.29) is 23.0 Å². The van der Waals surface area contributed by atoms with Gasteiger partial charge in [0, 0.05) is 5.69 Å². The minimum atomic E-state index is -4.46. The van der Waals surface area contributed by atoms with Gasteiger partial charge >= 0.3 is 6.18 Å². The Balaban J connectivity index is 2.17. The molecule has 0 spiro atoms. The zero-order chi connectivity index (χ0) is 15.8. The molecule has 1 aliphatic rings. The van der Waals surface area contributed by atoms with Gasteiger partial charge in [-0.25, -0.2) is 0 Å². The molecule has 2 rings (SSSR count). The largest absolute Gasteiger partial charge is 0.490 e. The van der Waals surface area contributed by atoms with Gasteiger partial charge in [0.05, 0.1) is 11.7 Å². The van der Waals surface area contributed by atoms with Crippen molar-refractivity contribution in [2.24, 2.45) is 11.3 Å². The lowest BCUT2D eigenvalue weighted by molar-refractivity contribution is -0.137. The van der Waals surface area contributed by atoms with Crippen LogP contribution in [0.4, 0.5) is 18.9 Å². The maximum atomic E-state index is 12.9. The maximum absolute atomic E-state index is 12.9. The summed E-state index contributed by atoms with van der Waals surface area (Å²) in [7, 11) is 0. The minimum absolute atomic E-state index is 0.0477. The Bertz CT molecular complexity index is 511. The average molecular weight is 301 g/mol. The zero-order valence-corrected chi connectivity index (χ0v) is 12.6. The summed E-state index contributed by atoms with van der Waals surface area (Å²) in [4.78, 5) is 0. The van der Waals surface area contributed by atoms with Crippen molar-refractivity contribution >= 4 is 5.69 Å². The second kappa shape index (κ2) is 5.43. The lowest BCUT2D eigenvalue weighted by Crippen LogP contribution is -2.34. The van der Waals surface area contributed by atoms with E-state index in [1.54, 1.807) is 0 Å². The van der Waals surface area contributed by atoms with E-state index >= 15 is 0 Å². The fourth-order valence-corrected chi connectivity index (χ4v) is 3.39. The number of halogens is 3. The standard InChI is InChI=1S/C16H22F3NO/c1-10-6-12(9-15(2,3)8-10)21-11-4-5-14(20)13(7-11)16(17,18)19/h4-5,7,10,12H,6,8-9,20H2,1-3H3. The Morgan fingerprint density at radius 2 is 1.90 bits per heavy atom. The first-order valence-corrected chi connectivity index (χ1v) is 7.20. The number of alkyl halides is 3. The normalized spacial score (nSPS) is 25.6. The van der Waals surface area contributed by atoms with Crippen LogP contribution < -0.4 is 10.5 Å². The second-order valence-electron chi connectivity index (χ2n) is 6.90. The van der Waals surface area contributed by atoms with Crippen LogP contribution in [-0.2, 0) is 6.18 Å². The van der Waals surface area contributed by atoms with Crippen molar-refractivity contribution in [2.75, 3.05) is 5.73 Å². The van der Waals surface area contributed by atoms with E-state index < -0.39 is 11.7 Å². The predicted octanol–water partition coefficient (Wildman–Crippen LogP) is 4.88. The molecule has 21 heavy (non-hydrogen) atoms. The molecule has 1 aromatic rings. The number of ether oxygens (including phenoxy) is 1. The van der Waals surface area contributed by atoms with Gasteiger partial charge in [-0.05, 0) is 48.8 Å². The molecule has 0 radical (unpaired) electrons. The molecular weight excluding hydrogens is 279 g/mol. The summed E-state index contributed by atoms with van der Waals surface area (Å²) in [5.74, 6) is 0.751. The number of hydrogen-bond acceptors (Lipinski definition) is 2. The summed E-state index contributed by atoms with van der Waals surface area (Å²) in [6, 6.07) is 3.77. The van der Waals surface area contributed by atoms with E-state index in [0.717, 1.165) is 25.3 Å². The number of hydrogen-bond donors (Lipinski definition) is 1. The lowest BCUT2D eigenvalue weighted by atomic mass is 9.71. The van der Waals surface area contributed by atoms with Gasteiger partial charge in [0.2, 0.25) is 0 Å². The fourth-order valence-electron chi connectivity index (χ4n) is 3.39. The lowest BCUT2D eigenvalue weighted by Gasteiger charge is -2.38. The van der Waals surface area contributed by atoms with Crippen LogP contribution in [0.5, 0.6) is 5.75 Å². The van der Waals surface area contributed by atoms with E-state index in [0.29, 0.717) is 5.92 Å². The van der Waals surface area contributed by atoms with Crippen LogP contribution in [0.3, 0.4) is 0 Å². The third-order valence-electron chi connectivity index (χ3n) is 3.98. The van der Waals surface area contributed by atoms with Gasteiger partial charge in [-0.1, -0.05) is 20.8 Å². The molecule has 0 amide bonds. The molecule has 1 fully saturated rings. The topological polar surface area (TPSA) is 35.2 Å². The molecule has 118 valence electrons. The SMILES string of the molecule is CC1CC(Oc2ccc(N)c(C(F)(F)F)c2)CC(C)(C)C1. The molecule has 2 nitrogen and oxygen atoms in total. The molecule has 1 aromatic carbocycles. The quantitative estimate of drug-likeness (QED) is 0.790. The Morgan fingerprint density at radius 1 is 1.24 bits per heavy atom. The van der Waals surface area contributed by atoms with E-state index in [1.165, 1.54) is 12.1 Å². The second-order valence-corrected chi connectivity index (χ2v) is 6.90. The zero-order valence-electron chi connectivity index (χ0n) is 12.6. The highest BCUT2D eigenvalue weighted by atomic mass is 19.4. The molecular formula is C16H22F3NO. The third kappa shape index (κ3) is 4.05. The monoisotopic (exact) mass is 301 g/mol. The number of nitrogens with two attached hydrogens (primary N) is 1. The van der Waals surface area contributed by atoms with Crippen LogP contribution >= 0.6 is 0 Å². The van der Waals surface area contributed by atoms with Gasteiger partial charge in [0.25, 0.3) is 0 Å². The number of anilines is 1. The molecule has 2 atom stereocenters. The van der Waals surface area contributed by atoms with Crippen molar-refractivity contribution in [3.05, 3.63) is 23.8 Å². The summed E-state index contributed by atoms with van der Waals surface area (Å²) in [5, 5.41) is 0. The average Bonchev–Trinajstić information content (AvgIpc) is 2.27. The summed E-state index contributed by atoms with van der Waals surface area (Å²) < 4.78 is 44.4. The van der Waals surface area contributed by atoms with Gasteiger partial charge in [-0.2, -0.15) is 13.2 Å². The van der Waals surface area contributed by atoms with Crippen LogP contribution in [0.15, 0.2) is 18.2 Å². The van der Waals surface area contributed by atoms with Crippen LogP contribution in [0, 0.1) is 11.3 Å². The Kier molecular flexibility index (Phi) is 4.13. The first-order valence-electron chi connectivity index (χ1n) is 7.20. The van der Waals surface area contributed by atoms with E-state index in [1.807, 2.05) is 0 Å². The highest BCUT2D eigenvalue weighted by molar-refractivity contribution is 5.52. The van der Waals surface area contributed by atoms with Crippen molar-refractivity contribution in [2.45, 2.75) is 52.3 Å². The summed E-state index contributed by atoms with van der Waals surface area (Å²) in [6.07, 6.45) is -1.67. The molecule has 1 saturated carbocycles. The first-order chi connectivity index (χ1) is 9.57. The maximum Gasteiger partial charge on any atom is 0.418 e. The van der Waals surface area contributed by atoms with Crippen molar-refractivity contribution in [3.63, 3.8) is 0 Å². The van der Waals surface area contributed by atoms with Crippen LogP contribution in [0.25, 0.3) is 0 Å². The summed E-state index contributed by atoms with van der Waals surface area (Å²) in [6.45, 7) is 6.49. The number of rotatable bonds is 2. The van der Waals surface area contributed by atoms with Gasteiger partial charge in [-0.15, -0.1) is 0 Å². The van der Waals surface area contributed by atoms with Gasteiger partial charge < -0.3 is 10.5 Å². The van der Waals surface area contributed by atoms with Crippen LogP contribution in [0.1, 0.15) is 45.6 Å². The fraction of sp³-hybridized carbons (Fsp3) is 0.625. The molecule has 2 unspecified atom stereocenters. The first kappa shape index (κ1) is 16.0. The van der Waals surface area contributed by atoms with Gasteiger partial charge in [0.1, 0.15) is 5.75 Å². The number of nitrogen functional groups attached to an aromatic ring is 1. The van der Waals surface area contributed by atoms with Crippen LogP contribution in [-0.4, -0.2) is 6.10 Å². The van der Waals surface area contributed by atoms with Gasteiger partial charge in [-0.3, -0.25) is 0 Å². The summed E-state index contributed by atoms with van der Waals surface area (Å²) >= 11 is 0. The van der Waals surface area contributed by atoms with Crippen molar-refractivity contribution in [3.8, 4) is 5.75 Å². The molecule has 0 bridgehead atoms. The minimum Gasteiger partial charge on any atom is -0.490 e. The van der Waals surface area contributed by atoms with Crippen molar-refractivity contribution in [1.29, 1.82) is 0 Å². The van der Waals surface area contributed by atoms with E-state index in [2.05, 4.69) is 20.8 Å². The molecule has 2 N–H and O–H groups in total. The van der Waals surface area contributed by atoms with E-state index in [4.69, 9.17) is 10.5 Å². The highest BCUT2D eigenvalue weighted by Gasteiger charge is 2.35. The molecule has 0 aromatic heterocycles. The smallest absolute Gasteiger partial charge is 0.418 e. The van der Waals surface area contributed by atoms with Crippen molar-refractivity contribution < 1.29 is 17.9 Å².